The van der Waals surface area contributed by atoms with Crippen LogP contribution in [0.4, 0.5) is 5.69 Å². The van der Waals surface area contributed by atoms with E-state index in [1.165, 1.54) is 43.2 Å². The number of amides is 1. The fourth-order valence-electron chi connectivity index (χ4n) is 8.99. The number of hydrogen-bond acceptors (Lipinski definition) is 6. The summed E-state index contributed by atoms with van der Waals surface area (Å²) in [6.07, 6.45) is 16.0. The summed E-state index contributed by atoms with van der Waals surface area (Å²) in [4.78, 5) is 18.7. The molecular weight excluding hydrogens is 642 g/mol. The Morgan fingerprint density at radius 3 is 2.65 bits per heavy atom. The summed E-state index contributed by atoms with van der Waals surface area (Å²) in [5.74, 6) is 1.35. The third-order valence-corrected chi connectivity index (χ3v) is 14.5. The van der Waals surface area contributed by atoms with Gasteiger partial charge in [0, 0.05) is 29.1 Å². The van der Waals surface area contributed by atoms with Gasteiger partial charge in [0.1, 0.15) is 5.75 Å². The molecule has 1 saturated heterocycles. The Balaban J connectivity index is 1.23. The lowest BCUT2D eigenvalue weighted by Crippen LogP contribution is -2.48. The number of halogens is 1. The highest BCUT2D eigenvalue weighted by Gasteiger charge is 2.43. The topological polar surface area (TPSA) is 79.0 Å². The number of carbonyl (C=O) groups excluding carboxylic acids is 1. The van der Waals surface area contributed by atoms with E-state index < -0.39 is 21.2 Å². The van der Waals surface area contributed by atoms with E-state index in [1.807, 2.05) is 25.1 Å². The van der Waals surface area contributed by atoms with Crippen molar-refractivity contribution in [3.8, 4) is 5.75 Å². The third kappa shape index (κ3) is 7.04. The summed E-state index contributed by atoms with van der Waals surface area (Å²) in [6, 6.07) is 11.7. The monoisotopic (exact) mass is 693 g/mol. The number of anilines is 1. The molecule has 1 N–H and O–H groups in total. The van der Waals surface area contributed by atoms with Gasteiger partial charge in [0.15, 0.2) is 0 Å². The fourth-order valence-corrected chi connectivity index (χ4v) is 10.5. The molecule has 7 nitrogen and oxygen atoms in total. The van der Waals surface area contributed by atoms with Crippen molar-refractivity contribution in [2.24, 2.45) is 23.7 Å². The molecule has 2 aliphatic carbocycles. The second-order valence-electron chi connectivity index (χ2n) is 15.5. The number of hydrogen-bond donors (Lipinski definition) is 1. The average Bonchev–Trinajstić information content (AvgIpc) is 3.21. The van der Waals surface area contributed by atoms with Crippen LogP contribution in [0, 0.1) is 23.7 Å². The molecule has 0 radical (unpaired) electrons. The Morgan fingerprint density at radius 2 is 1.85 bits per heavy atom. The van der Waals surface area contributed by atoms with Crippen LogP contribution in [-0.4, -0.2) is 63.8 Å². The number of nitrogens with zero attached hydrogens (tertiary/aromatic N) is 2. The zero-order valence-electron chi connectivity index (χ0n) is 28.6. The molecular formula is C39H52ClN3O4S. The van der Waals surface area contributed by atoms with E-state index in [9.17, 15) is 13.2 Å². The number of benzene rings is 2. The second-order valence-corrected chi connectivity index (χ2v) is 18.0. The highest BCUT2D eigenvalue weighted by atomic mass is 35.5. The molecule has 5 aliphatic rings. The van der Waals surface area contributed by atoms with Gasteiger partial charge < -0.3 is 14.5 Å². The minimum atomic E-state index is -3.89. The minimum absolute atomic E-state index is 0.100. The van der Waals surface area contributed by atoms with Gasteiger partial charge in [0.2, 0.25) is 10.0 Å². The van der Waals surface area contributed by atoms with Gasteiger partial charge in [-0.1, -0.05) is 43.2 Å². The van der Waals surface area contributed by atoms with Crippen LogP contribution in [0.1, 0.15) is 93.1 Å². The standard InChI is InChI=1S/C39H52ClN3O4S/c1-27-21-29(16-20-42-18-4-3-5-19-42)8-9-30-10-11-33(30)24-43-25-39(17-6-7-31-22-34(40)13-14-35(31)39)26-47-37-15-12-32(23-36(37)43)38(44)41-48(45,46)28(27)2/h8-9,12-15,22-23,27-30,33H,3-7,10-11,16-21,24-26H2,1-2H3,(H,41,44)/b9-8+/t27-,28+,29-,30+,33-,39-/m0/s1. The van der Waals surface area contributed by atoms with Crippen molar-refractivity contribution in [1.29, 1.82) is 0 Å². The van der Waals surface area contributed by atoms with E-state index >= 15 is 0 Å². The van der Waals surface area contributed by atoms with Crippen LogP contribution in [0.5, 0.6) is 5.75 Å². The van der Waals surface area contributed by atoms with Crippen LogP contribution in [0.15, 0.2) is 48.6 Å². The van der Waals surface area contributed by atoms with Crippen LogP contribution in [-0.2, 0) is 21.9 Å². The second kappa shape index (κ2) is 14.0. The highest BCUT2D eigenvalue weighted by molar-refractivity contribution is 7.90. The lowest BCUT2D eigenvalue weighted by Gasteiger charge is -2.44. The number of aryl methyl sites for hydroxylation is 1. The van der Waals surface area contributed by atoms with Gasteiger partial charge >= 0.3 is 0 Å². The first-order chi connectivity index (χ1) is 23.1. The Labute approximate surface area is 292 Å². The number of fused-ring (bicyclic) bond motifs is 4. The van der Waals surface area contributed by atoms with Crippen molar-refractivity contribution >= 4 is 33.2 Å². The van der Waals surface area contributed by atoms with E-state index in [1.54, 1.807) is 13.0 Å². The van der Waals surface area contributed by atoms with Gasteiger partial charge in [0.05, 0.1) is 17.5 Å². The van der Waals surface area contributed by atoms with Crippen molar-refractivity contribution in [2.75, 3.05) is 44.2 Å². The highest BCUT2D eigenvalue weighted by Crippen LogP contribution is 2.46. The Morgan fingerprint density at radius 1 is 1.02 bits per heavy atom. The van der Waals surface area contributed by atoms with E-state index in [0.717, 1.165) is 81.3 Å². The van der Waals surface area contributed by atoms with Crippen molar-refractivity contribution in [3.05, 3.63) is 70.3 Å². The maximum atomic E-state index is 13.6. The summed E-state index contributed by atoms with van der Waals surface area (Å²) >= 11 is 6.45. The fraction of sp³-hybridized carbons (Fsp3) is 0.615. The largest absolute Gasteiger partial charge is 0.490 e. The molecule has 2 bridgehead atoms. The lowest BCUT2D eigenvalue weighted by molar-refractivity contribution is 0.0980. The first kappa shape index (κ1) is 33.9. The molecule has 0 aromatic heterocycles. The van der Waals surface area contributed by atoms with Gasteiger partial charge in [-0.15, -0.1) is 0 Å². The number of ether oxygens (including phenoxy) is 1. The van der Waals surface area contributed by atoms with E-state index in [4.69, 9.17) is 16.3 Å². The Kier molecular flexibility index (Phi) is 9.89. The average molecular weight is 694 g/mol. The Hall–Kier alpha value is -2.55. The molecule has 1 amide bonds. The molecule has 2 fully saturated rings. The number of rotatable bonds is 3. The van der Waals surface area contributed by atoms with Crippen molar-refractivity contribution in [1.82, 2.24) is 9.62 Å². The predicted octanol–water partition coefficient (Wildman–Crippen LogP) is 7.38. The summed E-state index contributed by atoms with van der Waals surface area (Å²) in [6.45, 7) is 9.33. The molecule has 6 atom stereocenters. The first-order valence-corrected chi connectivity index (χ1v) is 20.3. The molecule has 7 rings (SSSR count). The van der Waals surface area contributed by atoms with Gasteiger partial charge in [-0.25, -0.2) is 13.1 Å². The molecule has 1 saturated carbocycles. The van der Waals surface area contributed by atoms with Gasteiger partial charge in [0.25, 0.3) is 5.91 Å². The number of allylic oxidation sites excluding steroid dienone is 2. The summed E-state index contributed by atoms with van der Waals surface area (Å²) in [5, 5.41) is 0.0679. The maximum Gasteiger partial charge on any atom is 0.264 e. The molecule has 2 aromatic rings. The normalized spacial score (nSPS) is 32.9. The first-order valence-electron chi connectivity index (χ1n) is 18.4. The van der Waals surface area contributed by atoms with Crippen LogP contribution in [0.3, 0.4) is 0 Å². The quantitative estimate of drug-likeness (QED) is 0.338. The smallest absolute Gasteiger partial charge is 0.264 e. The molecule has 0 unspecified atom stereocenters. The minimum Gasteiger partial charge on any atom is -0.490 e. The van der Waals surface area contributed by atoms with Crippen molar-refractivity contribution < 1.29 is 17.9 Å². The van der Waals surface area contributed by atoms with Crippen LogP contribution >= 0.6 is 11.6 Å². The van der Waals surface area contributed by atoms with Crippen LogP contribution < -0.4 is 14.4 Å². The number of sulfonamides is 1. The summed E-state index contributed by atoms with van der Waals surface area (Å²) < 4.78 is 36.3. The predicted molar refractivity (Wildman–Crippen MR) is 194 cm³/mol. The number of carbonyl (C=O) groups is 1. The van der Waals surface area contributed by atoms with Crippen LogP contribution in [0.2, 0.25) is 5.02 Å². The molecule has 1 spiro atoms. The summed E-state index contributed by atoms with van der Waals surface area (Å²) in [5.41, 5.74) is 3.62. The zero-order chi connectivity index (χ0) is 33.5. The zero-order valence-corrected chi connectivity index (χ0v) is 30.2. The van der Waals surface area contributed by atoms with Gasteiger partial charge in [-0.2, -0.15) is 0 Å². The number of nitrogens with one attached hydrogen (secondary N) is 1. The molecule has 9 heteroatoms. The number of likely N-dealkylation sites (tertiary alicyclic amines) is 1. The van der Waals surface area contributed by atoms with Crippen molar-refractivity contribution in [3.63, 3.8) is 0 Å². The third-order valence-electron chi connectivity index (χ3n) is 12.3. The Bertz CT molecular complexity index is 1640. The van der Waals surface area contributed by atoms with Crippen molar-refractivity contribution in [2.45, 2.75) is 88.7 Å². The van der Waals surface area contributed by atoms with Gasteiger partial charge in [-0.3, -0.25) is 4.79 Å². The molecule has 3 heterocycles. The molecule has 2 aromatic carbocycles. The summed E-state index contributed by atoms with van der Waals surface area (Å²) in [7, 11) is -3.89. The van der Waals surface area contributed by atoms with Crippen LogP contribution in [0.25, 0.3) is 0 Å². The van der Waals surface area contributed by atoms with Gasteiger partial charge in [-0.05, 0) is 149 Å². The van der Waals surface area contributed by atoms with E-state index in [2.05, 4.69) is 38.8 Å². The maximum absolute atomic E-state index is 13.6. The molecule has 3 aliphatic heterocycles. The molecule has 48 heavy (non-hydrogen) atoms. The van der Waals surface area contributed by atoms with E-state index in [-0.39, 0.29) is 11.3 Å². The lowest BCUT2D eigenvalue weighted by atomic mass is 9.69. The molecule has 260 valence electrons. The SMILES string of the molecule is C[C@@H]1[C@@H](C)C[C@H](CCN2CCCCC2)/C=C/[C@@H]2CC[C@H]2CN2C[C@@]3(CCCc4cc(Cl)ccc43)COc3ccc(cc32)C(=O)NS1(=O)=O. The number of piperidine rings is 1. The van der Waals surface area contributed by atoms with E-state index in [0.29, 0.717) is 29.9 Å².